The maximum atomic E-state index is 12.3. The Labute approximate surface area is 192 Å². The molecule has 1 aromatic heterocycles. The molecule has 0 saturated heterocycles. The first-order valence-electron chi connectivity index (χ1n) is 10.4. The van der Waals surface area contributed by atoms with Crippen molar-refractivity contribution >= 4 is 28.3 Å². The number of halogens is 1. The monoisotopic (exact) mass is 446 g/mol. The largest absolute Gasteiger partial charge is 0.494 e. The van der Waals surface area contributed by atoms with Crippen molar-refractivity contribution in [1.82, 2.24) is 10.3 Å². The van der Waals surface area contributed by atoms with Crippen LogP contribution in [0.1, 0.15) is 12.5 Å². The summed E-state index contributed by atoms with van der Waals surface area (Å²) in [5, 5.41) is 5.62. The molecule has 162 valence electrons. The molecule has 1 N–H and O–H groups in total. The first-order chi connectivity index (χ1) is 15.6. The summed E-state index contributed by atoms with van der Waals surface area (Å²) in [6.07, 6.45) is 3.61. The van der Waals surface area contributed by atoms with Crippen LogP contribution in [0.5, 0.6) is 11.5 Å². The summed E-state index contributed by atoms with van der Waals surface area (Å²) in [4.78, 5) is 16.6. The van der Waals surface area contributed by atoms with Crippen molar-refractivity contribution < 1.29 is 14.3 Å². The van der Waals surface area contributed by atoms with Gasteiger partial charge in [0.2, 0.25) is 0 Å². The van der Waals surface area contributed by atoms with Gasteiger partial charge < -0.3 is 14.8 Å². The zero-order chi connectivity index (χ0) is 22.3. The Bertz CT molecular complexity index is 1210. The van der Waals surface area contributed by atoms with E-state index in [1.165, 1.54) is 0 Å². The molecular weight excluding hydrogens is 424 g/mol. The van der Waals surface area contributed by atoms with Gasteiger partial charge in [-0.05, 0) is 71.5 Å². The maximum absolute atomic E-state index is 12.3. The van der Waals surface area contributed by atoms with Gasteiger partial charge in [0, 0.05) is 29.3 Å². The van der Waals surface area contributed by atoms with Crippen LogP contribution < -0.4 is 14.8 Å². The van der Waals surface area contributed by atoms with Crippen molar-refractivity contribution in [2.45, 2.75) is 13.5 Å². The number of fused-ring (bicyclic) bond motifs is 1. The van der Waals surface area contributed by atoms with E-state index >= 15 is 0 Å². The molecule has 5 nitrogen and oxygen atoms in total. The normalized spacial score (nSPS) is 10.7. The van der Waals surface area contributed by atoms with E-state index < -0.39 is 0 Å². The summed E-state index contributed by atoms with van der Waals surface area (Å²) in [5.74, 6) is 1.24. The molecule has 4 rings (SSSR count). The van der Waals surface area contributed by atoms with E-state index in [2.05, 4.69) is 28.5 Å². The first-order valence-corrected chi connectivity index (χ1v) is 10.8. The Balaban J connectivity index is 1.47. The van der Waals surface area contributed by atoms with Crippen LogP contribution in [0.25, 0.3) is 21.9 Å². The van der Waals surface area contributed by atoms with Gasteiger partial charge in [-0.3, -0.25) is 9.78 Å². The van der Waals surface area contributed by atoms with E-state index in [0.29, 0.717) is 23.9 Å². The highest BCUT2D eigenvalue weighted by molar-refractivity contribution is 6.30. The van der Waals surface area contributed by atoms with Crippen LogP contribution in [-0.2, 0) is 11.3 Å². The Kier molecular flexibility index (Phi) is 6.87. The number of amides is 1. The maximum Gasteiger partial charge on any atom is 0.258 e. The predicted octanol–water partition coefficient (Wildman–Crippen LogP) is 5.65. The molecule has 0 fully saturated rings. The van der Waals surface area contributed by atoms with Crippen LogP contribution in [0, 0.1) is 0 Å². The average molecular weight is 447 g/mol. The highest BCUT2D eigenvalue weighted by Crippen LogP contribution is 2.31. The topological polar surface area (TPSA) is 60.5 Å². The molecule has 0 radical (unpaired) electrons. The summed E-state index contributed by atoms with van der Waals surface area (Å²) in [6.45, 7) is 2.92. The van der Waals surface area contributed by atoms with Gasteiger partial charge in [-0.2, -0.15) is 0 Å². The molecule has 0 aliphatic heterocycles. The fourth-order valence-corrected chi connectivity index (χ4v) is 3.60. The summed E-state index contributed by atoms with van der Waals surface area (Å²) in [6, 6.07) is 21.0. The minimum atomic E-state index is -0.201. The van der Waals surface area contributed by atoms with Gasteiger partial charge >= 0.3 is 0 Å². The van der Waals surface area contributed by atoms with Crippen molar-refractivity contribution in [2.75, 3.05) is 13.2 Å². The molecular formula is C26H23ClN2O3. The van der Waals surface area contributed by atoms with E-state index in [-0.39, 0.29) is 12.5 Å². The molecule has 3 aromatic carbocycles. The van der Waals surface area contributed by atoms with E-state index in [1.807, 2.05) is 37.4 Å². The molecule has 0 unspecified atom stereocenters. The summed E-state index contributed by atoms with van der Waals surface area (Å²) >= 11 is 5.86. The Morgan fingerprint density at radius 1 is 0.906 bits per heavy atom. The SMILES string of the molecule is CCOc1ccc(-c2ccc(CNC(=O)COc3ccc(Cl)cc3)c3cnccc23)cc1. The fraction of sp³-hybridized carbons (Fsp3) is 0.154. The summed E-state index contributed by atoms with van der Waals surface area (Å²) in [7, 11) is 0. The number of ether oxygens (including phenoxy) is 2. The molecule has 4 aromatic rings. The number of benzene rings is 3. The number of pyridine rings is 1. The lowest BCUT2D eigenvalue weighted by Gasteiger charge is -2.13. The lowest BCUT2D eigenvalue weighted by Crippen LogP contribution is -2.28. The zero-order valence-electron chi connectivity index (χ0n) is 17.7. The third kappa shape index (κ3) is 5.18. The van der Waals surface area contributed by atoms with Crippen LogP contribution >= 0.6 is 11.6 Å². The number of carbonyl (C=O) groups excluding carboxylic acids is 1. The number of nitrogens with one attached hydrogen (secondary N) is 1. The minimum absolute atomic E-state index is 0.0674. The van der Waals surface area contributed by atoms with Crippen LogP contribution in [-0.4, -0.2) is 24.1 Å². The fourth-order valence-electron chi connectivity index (χ4n) is 3.48. The minimum Gasteiger partial charge on any atom is -0.494 e. The van der Waals surface area contributed by atoms with Crippen LogP contribution in [0.2, 0.25) is 5.02 Å². The second-order valence-corrected chi connectivity index (χ2v) is 7.61. The highest BCUT2D eigenvalue weighted by atomic mass is 35.5. The number of nitrogens with zero attached hydrogens (tertiary/aromatic N) is 1. The Morgan fingerprint density at radius 2 is 1.62 bits per heavy atom. The lowest BCUT2D eigenvalue weighted by molar-refractivity contribution is -0.123. The predicted molar refractivity (Wildman–Crippen MR) is 127 cm³/mol. The third-order valence-electron chi connectivity index (χ3n) is 5.04. The highest BCUT2D eigenvalue weighted by Gasteiger charge is 2.10. The molecule has 0 saturated carbocycles. The van der Waals surface area contributed by atoms with Crippen LogP contribution in [0.4, 0.5) is 0 Å². The molecule has 0 aliphatic carbocycles. The van der Waals surface area contributed by atoms with E-state index in [0.717, 1.165) is 33.2 Å². The van der Waals surface area contributed by atoms with Crippen molar-refractivity contribution in [3.05, 3.63) is 89.7 Å². The quantitative estimate of drug-likeness (QED) is 0.380. The molecule has 1 amide bonds. The molecule has 0 aliphatic rings. The number of hydrogen-bond donors (Lipinski definition) is 1. The molecule has 0 atom stereocenters. The van der Waals surface area contributed by atoms with Gasteiger partial charge in [-0.15, -0.1) is 0 Å². The third-order valence-corrected chi connectivity index (χ3v) is 5.30. The van der Waals surface area contributed by atoms with Gasteiger partial charge in [-0.1, -0.05) is 35.9 Å². The van der Waals surface area contributed by atoms with Crippen LogP contribution in [0.3, 0.4) is 0 Å². The summed E-state index contributed by atoms with van der Waals surface area (Å²) in [5.41, 5.74) is 3.19. The number of hydrogen-bond acceptors (Lipinski definition) is 4. The number of carbonyl (C=O) groups is 1. The lowest BCUT2D eigenvalue weighted by atomic mass is 9.96. The Hall–Kier alpha value is -3.57. The average Bonchev–Trinajstić information content (AvgIpc) is 2.83. The van der Waals surface area contributed by atoms with Crippen LogP contribution in [0.15, 0.2) is 79.1 Å². The molecule has 0 bridgehead atoms. The van der Waals surface area contributed by atoms with Gasteiger partial charge in [-0.25, -0.2) is 0 Å². The van der Waals surface area contributed by atoms with Crippen molar-refractivity contribution in [3.8, 4) is 22.6 Å². The van der Waals surface area contributed by atoms with Gasteiger partial charge in [0.25, 0.3) is 5.91 Å². The van der Waals surface area contributed by atoms with Gasteiger partial charge in [0.05, 0.1) is 6.61 Å². The molecule has 32 heavy (non-hydrogen) atoms. The second kappa shape index (κ2) is 10.2. The van der Waals surface area contributed by atoms with E-state index in [4.69, 9.17) is 21.1 Å². The second-order valence-electron chi connectivity index (χ2n) is 7.17. The molecule has 0 spiro atoms. The van der Waals surface area contributed by atoms with Crippen molar-refractivity contribution in [3.63, 3.8) is 0 Å². The molecule has 6 heteroatoms. The van der Waals surface area contributed by atoms with Gasteiger partial charge in [0.15, 0.2) is 6.61 Å². The first kappa shape index (κ1) is 21.7. The van der Waals surface area contributed by atoms with Gasteiger partial charge in [0.1, 0.15) is 11.5 Å². The Morgan fingerprint density at radius 3 is 2.38 bits per heavy atom. The standard InChI is InChI=1S/C26H23ClN2O3/c1-2-31-21-8-3-18(4-9-21)23-12-5-19(25-16-28-14-13-24(23)25)15-29-26(30)17-32-22-10-6-20(27)7-11-22/h3-14,16H,2,15,17H2,1H3,(H,29,30). The number of aromatic nitrogens is 1. The van der Waals surface area contributed by atoms with E-state index in [1.54, 1.807) is 30.5 Å². The smallest absolute Gasteiger partial charge is 0.258 e. The zero-order valence-corrected chi connectivity index (χ0v) is 18.4. The van der Waals surface area contributed by atoms with Crippen molar-refractivity contribution in [2.24, 2.45) is 0 Å². The summed E-state index contributed by atoms with van der Waals surface area (Å²) < 4.78 is 11.1. The molecule has 1 heterocycles. The number of rotatable bonds is 8. The van der Waals surface area contributed by atoms with Crippen molar-refractivity contribution in [1.29, 1.82) is 0 Å². The van der Waals surface area contributed by atoms with E-state index in [9.17, 15) is 4.79 Å².